The van der Waals surface area contributed by atoms with Crippen LogP contribution in [0.3, 0.4) is 0 Å². The number of hydrogen-bond acceptors (Lipinski definition) is 4. The first-order valence-electron chi connectivity index (χ1n) is 9.31. The highest BCUT2D eigenvalue weighted by molar-refractivity contribution is 5.70. The third-order valence-electron chi connectivity index (χ3n) is 3.12. The average molecular weight is 355 g/mol. The van der Waals surface area contributed by atoms with E-state index in [1.807, 2.05) is 52.8 Å². The van der Waals surface area contributed by atoms with E-state index in [2.05, 4.69) is 46.0 Å². The molecular formula is C22H34N4. The summed E-state index contributed by atoms with van der Waals surface area (Å²) in [5, 5.41) is 11.8. The largest absolute Gasteiger partial charge is 0.303 e. The van der Waals surface area contributed by atoms with Crippen molar-refractivity contribution in [2.45, 2.75) is 51.4 Å². The lowest BCUT2D eigenvalue weighted by molar-refractivity contribution is 0.440. The van der Waals surface area contributed by atoms with Crippen molar-refractivity contribution in [3.63, 3.8) is 0 Å². The van der Waals surface area contributed by atoms with Crippen molar-refractivity contribution in [3.8, 4) is 23.7 Å². The molecule has 0 aliphatic carbocycles. The van der Waals surface area contributed by atoms with Gasteiger partial charge in [-0.15, -0.1) is 0 Å². The van der Waals surface area contributed by atoms with Crippen molar-refractivity contribution in [3.05, 3.63) is 24.3 Å². The fraction of sp³-hybridized carbons (Fsp3) is 0.545. The highest BCUT2D eigenvalue weighted by Gasteiger charge is 1.84. The first-order chi connectivity index (χ1) is 12.6. The van der Waals surface area contributed by atoms with Crippen molar-refractivity contribution < 1.29 is 0 Å². The van der Waals surface area contributed by atoms with Crippen molar-refractivity contribution >= 4 is 12.4 Å². The fourth-order valence-electron chi connectivity index (χ4n) is 1.82. The van der Waals surface area contributed by atoms with E-state index in [0.29, 0.717) is 0 Å². The number of allylic oxidation sites excluding steroid dienone is 4. The molecule has 0 bridgehead atoms. The summed E-state index contributed by atoms with van der Waals surface area (Å²) in [5.74, 6) is 12.1. The molecule has 4 nitrogen and oxygen atoms in total. The standard InChI is InChI=1S/C22H34N4/c1-25(2)23-21-19-17-15-13-11-9-7-5-6-8-10-12-14-16-18-20-22-24-26(3)4/h17-22H,9-16H2,1-4H3/b19-17+,20-18+,23-21+,24-22+. The van der Waals surface area contributed by atoms with E-state index >= 15 is 0 Å². The molecule has 0 radical (unpaired) electrons. The number of rotatable bonds is 12. The second-order valence-electron chi connectivity index (χ2n) is 6.17. The zero-order valence-corrected chi connectivity index (χ0v) is 16.9. The minimum Gasteiger partial charge on any atom is -0.303 e. The zero-order chi connectivity index (χ0) is 19.3. The highest BCUT2D eigenvalue weighted by Crippen LogP contribution is 2.00. The van der Waals surface area contributed by atoms with Gasteiger partial charge in [0, 0.05) is 53.5 Å². The Morgan fingerprint density at radius 1 is 0.654 bits per heavy atom. The first kappa shape index (κ1) is 23.5. The van der Waals surface area contributed by atoms with Crippen LogP contribution in [-0.4, -0.2) is 50.6 Å². The topological polar surface area (TPSA) is 31.2 Å². The lowest BCUT2D eigenvalue weighted by Gasteiger charge is -1.99. The van der Waals surface area contributed by atoms with Gasteiger partial charge in [0.1, 0.15) is 0 Å². The monoisotopic (exact) mass is 354 g/mol. The second kappa shape index (κ2) is 18.9. The Morgan fingerprint density at radius 2 is 1.08 bits per heavy atom. The Kier molecular flexibility index (Phi) is 17.1. The second-order valence-corrected chi connectivity index (χ2v) is 6.17. The van der Waals surface area contributed by atoms with Gasteiger partial charge < -0.3 is 10.0 Å². The molecule has 0 aliphatic rings. The summed E-state index contributed by atoms with van der Waals surface area (Å²) in [4.78, 5) is 0. The van der Waals surface area contributed by atoms with Crippen LogP contribution >= 0.6 is 0 Å². The molecule has 0 unspecified atom stereocenters. The van der Waals surface area contributed by atoms with Gasteiger partial charge in [-0.2, -0.15) is 10.2 Å². The quantitative estimate of drug-likeness (QED) is 0.226. The van der Waals surface area contributed by atoms with Gasteiger partial charge in [-0.1, -0.05) is 24.0 Å². The van der Waals surface area contributed by atoms with Gasteiger partial charge >= 0.3 is 0 Å². The van der Waals surface area contributed by atoms with Crippen LogP contribution in [0.1, 0.15) is 51.4 Å². The molecule has 0 aromatic heterocycles. The van der Waals surface area contributed by atoms with Crippen LogP contribution < -0.4 is 0 Å². The summed E-state index contributed by atoms with van der Waals surface area (Å²) in [5.41, 5.74) is 0. The average Bonchev–Trinajstić information content (AvgIpc) is 2.59. The Hall–Kier alpha value is -2.46. The molecule has 0 saturated carbocycles. The van der Waals surface area contributed by atoms with Gasteiger partial charge in [-0.25, -0.2) is 0 Å². The molecule has 0 amide bonds. The Labute approximate surface area is 160 Å². The van der Waals surface area contributed by atoms with E-state index in [9.17, 15) is 0 Å². The molecule has 0 atom stereocenters. The van der Waals surface area contributed by atoms with Crippen molar-refractivity contribution in [1.82, 2.24) is 10.0 Å². The minimum absolute atomic E-state index is 0.924. The van der Waals surface area contributed by atoms with E-state index in [1.165, 1.54) is 0 Å². The molecule has 0 aromatic rings. The maximum atomic E-state index is 4.12. The lowest BCUT2D eigenvalue weighted by Crippen LogP contribution is -2.00. The van der Waals surface area contributed by atoms with E-state index < -0.39 is 0 Å². The summed E-state index contributed by atoms with van der Waals surface area (Å²) >= 11 is 0. The maximum absolute atomic E-state index is 4.12. The molecule has 0 saturated heterocycles. The van der Waals surface area contributed by atoms with Crippen LogP contribution in [0.25, 0.3) is 0 Å². The molecule has 0 N–H and O–H groups in total. The molecule has 4 heteroatoms. The minimum atomic E-state index is 0.924. The Morgan fingerprint density at radius 3 is 1.46 bits per heavy atom. The third-order valence-corrected chi connectivity index (χ3v) is 3.12. The summed E-state index contributed by atoms with van der Waals surface area (Å²) in [6.07, 6.45) is 20.4. The summed E-state index contributed by atoms with van der Waals surface area (Å²) < 4.78 is 0. The number of unbranched alkanes of at least 4 members (excludes halogenated alkanes) is 6. The van der Waals surface area contributed by atoms with Crippen LogP contribution in [0, 0.1) is 23.7 Å². The van der Waals surface area contributed by atoms with Gasteiger partial charge in [0.15, 0.2) is 0 Å². The Balaban J connectivity index is 3.52. The molecule has 142 valence electrons. The fourth-order valence-corrected chi connectivity index (χ4v) is 1.82. The molecule has 0 spiro atoms. The SMILES string of the molecule is CN(C)/N=C/C=C/CCCCC#CC#CCCCC/C=C/C=N/N(C)C. The van der Waals surface area contributed by atoms with E-state index in [-0.39, 0.29) is 0 Å². The van der Waals surface area contributed by atoms with Gasteiger partial charge in [-0.3, -0.25) is 0 Å². The molecule has 0 aromatic carbocycles. The van der Waals surface area contributed by atoms with E-state index in [1.54, 1.807) is 10.0 Å². The smallest absolute Gasteiger partial charge is 0.0467 e. The van der Waals surface area contributed by atoms with Crippen molar-refractivity contribution in [2.75, 3.05) is 28.2 Å². The Bertz CT molecular complexity index is 508. The molecule has 0 heterocycles. The molecule has 0 aliphatic heterocycles. The number of nitrogens with zero attached hydrogens (tertiary/aromatic N) is 4. The van der Waals surface area contributed by atoms with Crippen molar-refractivity contribution in [2.24, 2.45) is 10.2 Å². The van der Waals surface area contributed by atoms with Crippen molar-refractivity contribution in [1.29, 1.82) is 0 Å². The predicted octanol–water partition coefficient (Wildman–Crippen LogP) is 4.32. The summed E-state index contributed by atoms with van der Waals surface area (Å²) in [6.45, 7) is 0. The molecule has 0 rings (SSSR count). The van der Waals surface area contributed by atoms with Crippen LogP contribution in [0.15, 0.2) is 34.5 Å². The number of hydrazone groups is 2. The predicted molar refractivity (Wildman–Crippen MR) is 115 cm³/mol. The van der Waals surface area contributed by atoms with Crippen LogP contribution in [0.4, 0.5) is 0 Å². The van der Waals surface area contributed by atoms with Gasteiger partial charge in [-0.05, 0) is 62.5 Å². The molecular weight excluding hydrogens is 320 g/mol. The molecule has 0 fully saturated rings. The normalized spacial score (nSPS) is 11.1. The van der Waals surface area contributed by atoms with Gasteiger partial charge in [0.2, 0.25) is 0 Å². The van der Waals surface area contributed by atoms with Gasteiger partial charge in [0.25, 0.3) is 0 Å². The summed E-state index contributed by atoms with van der Waals surface area (Å²) in [6, 6.07) is 0. The van der Waals surface area contributed by atoms with E-state index in [4.69, 9.17) is 0 Å². The van der Waals surface area contributed by atoms with Crippen LogP contribution in [0.5, 0.6) is 0 Å². The zero-order valence-electron chi connectivity index (χ0n) is 16.9. The molecule has 26 heavy (non-hydrogen) atoms. The third kappa shape index (κ3) is 21.5. The highest BCUT2D eigenvalue weighted by atomic mass is 15.4. The maximum Gasteiger partial charge on any atom is 0.0467 e. The first-order valence-corrected chi connectivity index (χ1v) is 9.31. The van der Waals surface area contributed by atoms with Crippen LogP contribution in [-0.2, 0) is 0 Å². The van der Waals surface area contributed by atoms with Gasteiger partial charge in [0.05, 0.1) is 0 Å². The summed E-state index contributed by atoms with van der Waals surface area (Å²) in [7, 11) is 7.64. The van der Waals surface area contributed by atoms with Crippen LogP contribution in [0.2, 0.25) is 0 Å². The van der Waals surface area contributed by atoms with E-state index in [0.717, 1.165) is 51.4 Å². The number of hydrogen-bond donors (Lipinski definition) is 0. The lowest BCUT2D eigenvalue weighted by atomic mass is 10.2.